The normalized spacial score (nSPS) is 21.2. The van der Waals surface area contributed by atoms with Crippen molar-refractivity contribution in [1.82, 2.24) is 5.32 Å². The average Bonchev–Trinajstić information content (AvgIpc) is 2.43. The average molecular weight is 290 g/mol. The highest BCUT2D eigenvalue weighted by atomic mass is 79.9. The third kappa shape index (κ3) is 4.44. The van der Waals surface area contributed by atoms with E-state index < -0.39 is 4.32 Å². The van der Waals surface area contributed by atoms with Crippen LogP contribution in [0.1, 0.15) is 59.3 Å². The maximum absolute atomic E-state index is 11.8. The molecule has 0 heterocycles. The van der Waals surface area contributed by atoms with Crippen molar-refractivity contribution in [2.45, 2.75) is 69.7 Å². The molecule has 0 aliphatic heterocycles. The summed E-state index contributed by atoms with van der Waals surface area (Å²) in [4.78, 5) is 11.8. The third-order valence-corrected chi connectivity index (χ3v) is 3.87. The van der Waals surface area contributed by atoms with E-state index in [-0.39, 0.29) is 5.91 Å². The van der Waals surface area contributed by atoms with E-state index in [1.807, 2.05) is 13.8 Å². The quantitative estimate of drug-likeness (QED) is 0.624. The van der Waals surface area contributed by atoms with E-state index in [0.29, 0.717) is 12.0 Å². The summed E-state index contributed by atoms with van der Waals surface area (Å²) >= 11 is 3.40. The Bertz CT molecular complexity index is 227. The number of carbonyl (C=O) groups is 1. The molecule has 2 nitrogen and oxygen atoms in total. The number of rotatable bonds is 3. The lowest BCUT2D eigenvalue weighted by Crippen LogP contribution is -2.45. The Morgan fingerprint density at radius 1 is 1.25 bits per heavy atom. The lowest BCUT2D eigenvalue weighted by Gasteiger charge is -2.26. The maximum Gasteiger partial charge on any atom is 0.236 e. The fourth-order valence-electron chi connectivity index (χ4n) is 2.31. The summed E-state index contributed by atoms with van der Waals surface area (Å²) in [6, 6.07) is 0.308. The number of carbonyl (C=O) groups excluding carboxylic acids is 1. The summed E-state index contributed by atoms with van der Waals surface area (Å²) in [5.41, 5.74) is 0. The van der Waals surface area contributed by atoms with E-state index in [2.05, 4.69) is 28.2 Å². The van der Waals surface area contributed by atoms with E-state index in [0.717, 1.165) is 0 Å². The molecule has 0 aromatic heterocycles. The summed E-state index contributed by atoms with van der Waals surface area (Å²) < 4.78 is -0.452. The Hall–Kier alpha value is -0.0500. The summed E-state index contributed by atoms with van der Waals surface area (Å²) in [7, 11) is 0. The Balaban J connectivity index is 2.44. The second-order valence-electron chi connectivity index (χ2n) is 5.49. The zero-order valence-electron chi connectivity index (χ0n) is 10.7. The van der Waals surface area contributed by atoms with Gasteiger partial charge in [-0.05, 0) is 39.5 Å². The van der Waals surface area contributed by atoms with E-state index in [9.17, 15) is 4.79 Å². The van der Waals surface area contributed by atoms with Crippen molar-refractivity contribution in [3.8, 4) is 0 Å². The van der Waals surface area contributed by atoms with Gasteiger partial charge in [0.05, 0.1) is 4.32 Å². The number of hydrogen-bond acceptors (Lipinski definition) is 1. The minimum Gasteiger partial charge on any atom is -0.352 e. The molecule has 16 heavy (non-hydrogen) atoms. The Labute approximate surface area is 108 Å². The molecule has 1 amide bonds. The van der Waals surface area contributed by atoms with Crippen molar-refractivity contribution in [2.75, 3.05) is 0 Å². The highest BCUT2D eigenvalue weighted by Gasteiger charge is 2.27. The molecule has 0 aromatic rings. The molecular weight excluding hydrogens is 266 g/mol. The smallest absolute Gasteiger partial charge is 0.236 e. The first-order valence-electron chi connectivity index (χ1n) is 6.41. The zero-order valence-corrected chi connectivity index (χ0v) is 12.3. The van der Waals surface area contributed by atoms with E-state index in [1.54, 1.807) is 0 Å². The van der Waals surface area contributed by atoms with Crippen molar-refractivity contribution >= 4 is 21.8 Å². The molecule has 1 saturated carbocycles. The van der Waals surface area contributed by atoms with Crippen LogP contribution in [0.15, 0.2) is 0 Å². The zero-order chi connectivity index (χ0) is 12.2. The van der Waals surface area contributed by atoms with Gasteiger partial charge < -0.3 is 5.32 Å². The van der Waals surface area contributed by atoms with Gasteiger partial charge in [-0.25, -0.2) is 0 Å². The Morgan fingerprint density at radius 2 is 1.75 bits per heavy atom. The van der Waals surface area contributed by atoms with E-state index in [1.165, 1.54) is 38.5 Å². The van der Waals surface area contributed by atoms with Crippen molar-refractivity contribution in [1.29, 1.82) is 0 Å². The van der Waals surface area contributed by atoms with Gasteiger partial charge in [0, 0.05) is 6.04 Å². The molecule has 0 radical (unpaired) electrons. The largest absolute Gasteiger partial charge is 0.352 e. The first kappa shape index (κ1) is 14.0. The van der Waals surface area contributed by atoms with Crippen molar-refractivity contribution in [3.63, 3.8) is 0 Å². The van der Waals surface area contributed by atoms with Crippen LogP contribution in [0.2, 0.25) is 0 Å². The monoisotopic (exact) mass is 289 g/mol. The maximum atomic E-state index is 11.8. The molecule has 1 rings (SSSR count). The molecule has 3 heteroatoms. The lowest BCUT2D eigenvalue weighted by atomic mass is 9.92. The van der Waals surface area contributed by atoms with Gasteiger partial charge in [-0.1, -0.05) is 41.6 Å². The molecule has 0 bridgehead atoms. The summed E-state index contributed by atoms with van der Waals surface area (Å²) in [6.45, 7) is 5.93. The lowest BCUT2D eigenvalue weighted by molar-refractivity contribution is -0.123. The molecule has 1 atom stereocenters. The van der Waals surface area contributed by atoms with Crippen LogP contribution in [0.4, 0.5) is 0 Å². The highest BCUT2D eigenvalue weighted by molar-refractivity contribution is 9.10. The topological polar surface area (TPSA) is 29.1 Å². The number of amides is 1. The van der Waals surface area contributed by atoms with Crippen molar-refractivity contribution in [3.05, 3.63) is 0 Å². The van der Waals surface area contributed by atoms with Gasteiger partial charge in [-0.15, -0.1) is 0 Å². The van der Waals surface area contributed by atoms with Crippen LogP contribution >= 0.6 is 15.9 Å². The fourth-order valence-corrected chi connectivity index (χ4v) is 2.42. The first-order chi connectivity index (χ1) is 7.41. The molecule has 0 saturated heterocycles. The van der Waals surface area contributed by atoms with Gasteiger partial charge in [-0.2, -0.15) is 0 Å². The van der Waals surface area contributed by atoms with Crippen LogP contribution in [0.5, 0.6) is 0 Å². The SMILES string of the molecule is C[C@H](NC(=O)C(C)(C)Br)C1CCCCCC1. The molecule has 1 fully saturated rings. The summed E-state index contributed by atoms with van der Waals surface area (Å²) in [6.07, 6.45) is 7.90. The van der Waals surface area contributed by atoms with Crippen LogP contribution < -0.4 is 5.32 Å². The first-order valence-corrected chi connectivity index (χ1v) is 7.20. The molecule has 0 spiro atoms. The number of nitrogens with one attached hydrogen (secondary N) is 1. The second kappa shape index (κ2) is 6.04. The molecule has 0 unspecified atom stereocenters. The summed E-state index contributed by atoms with van der Waals surface area (Å²) in [5.74, 6) is 0.769. The van der Waals surface area contributed by atoms with Crippen molar-refractivity contribution in [2.24, 2.45) is 5.92 Å². The minimum atomic E-state index is -0.452. The van der Waals surface area contributed by atoms with Crippen molar-refractivity contribution < 1.29 is 4.79 Å². The van der Waals surface area contributed by atoms with Crippen LogP contribution in [0.3, 0.4) is 0 Å². The Kier molecular flexibility index (Phi) is 5.29. The van der Waals surface area contributed by atoms with Crippen LogP contribution in [0.25, 0.3) is 0 Å². The van der Waals surface area contributed by atoms with Gasteiger partial charge in [0.25, 0.3) is 0 Å². The van der Waals surface area contributed by atoms with Crippen LogP contribution in [0, 0.1) is 5.92 Å². The standard InChI is InChI=1S/C13H24BrNO/c1-10(15-12(16)13(2,3)14)11-8-6-4-5-7-9-11/h10-11H,4-9H2,1-3H3,(H,15,16)/t10-/m0/s1. The predicted octanol–water partition coefficient (Wildman–Crippen LogP) is 3.64. The predicted molar refractivity (Wildman–Crippen MR) is 71.8 cm³/mol. The molecule has 1 aliphatic carbocycles. The molecule has 1 N–H and O–H groups in total. The molecule has 94 valence electrons. The van der Waals surface area contributed by atoms with Gasteiger partial charge in [0.1, 0.15) is 0 Å². The van der Waals surface area contributed by atoms with Gasteiger partial charge in [-0.3, -0.25) is 4.79 Å². The van der Waals surface area contributed by atoms with Crippen LogP contribution in [-0.4, -0.2) is 16.3 Å². The number of hydrogen-bond donors (Lipinski definition) is 1. The highest BCUT2D eigenvalue weighted by Crippen LogP contribution is 2.26. The number of halogens is 1. The van der Waals surface area contributed by atoms with E-state index >= 15 is 0 Å². The minimum absolute atomic E-state index is 0.101. The van der Waals surface area contributed by atoms with Crippen LogP contribution in [-0.2, 0) is 4.79 Å². The Morgan fingerprint density at radius 3 is 2.19 bits per heavy atom. The second-order valence-corrected chi connectivity index (χ2v) is 7.47. The molecular formula is C13H24BrNO. The fraction of sp³-hybridized carbons (Fsp3) is 0.923. The van der Waals surface area contributed by atoms with Gasteiger partial charge in [0.2, 0.25) is 5.91 Å². The molecule has 1 aliphatic rings. The van der Waals surface area contributed by atoms with E-state index in [4.69, 9.17) is 0 Å². The van der Waals surface area contributed by atoms with Gasteiger partial charge >= 0.3 is 0 Å². The van der Waals surface area contributed by atoms with Gasteiger partial charge in [0.15, 0.2) is 0 Å². The summed E-state index contributed by atoms with van der Waals surface area (Å²) in [5, 5.41) is 3.13. The number of alkyl halides is 1. The third-order valence-electron chi connectivity index (χ3n) is 3.51. The molecule has 0 aromatic carbocycles.